The predicted molar refractivity (Wildman–Crippen MR) is 106 cm³/mol. The third-order valence-electron chi connectivity index (χ3n) is 3.88. The van der Waals surface area contributed by atoms with E-state index < -0.39 is 21.4 Å². The van der Waals surface area contributed by atoms with Gasteiger partial charge in [0.25, 0.3) is 11.6 Å². The summed E-state index contributed by atoms with van der Waals surface area (Å²) in [4.78, 5) is 40.7. The van der Waals surface area contributed by atoms with Crippen LogP contribution in [0.1, 0.15) is 10.4 Å². The number of non-ortho nitro benzene ring substituents is 1. The van der Waals surface area contributed by atoms with Crippen LogP contribution < -0.4 is 20.3 Å². The Labute approximate surface area is 173 Å². The van der Waals surface area contributed by atoms with E-state index in [1.165, 1.54) is 25.3 Å². The van der Waals surface area contributed by atoms with Gasteiger partial charge in [-0.2, -0.15) is 4.98 Å². The molecule has 0 unspecified atom stereocenters. The maximum Gasteiger partial charge on any atom is 0.374 e. The lowest BCUT2D eigenvalue weighted by atomic mass is 10.2. The lowest BCUT2D eigenvalue weighted by Gasteiger charge is -2.11. The number of ether oxygens (including phenoxy) is 2. The van der Waals surface area contributed by atoms with Crippen LogP contribution in [0.15, 0.2) is 54.9 Å². The molecule has 3 aromatic rings. The van der Waals surface area contributed by atoms with E-state index in [0.29, 0.717) is 5.75 Å². The number of methoxy groups -OCH3 is 1. The summed E-state index contributed by atoms with van der Waals surface area (Å²) in [5.41, 5.74) is 3.86. The molecule has 158 valence electrons. The summed E-state index contributed by atoms with van der Waals surface area (Å²) >= 11 is 0. The van der Waals surface area contributed by atoms with E-state index in [1.54, 1.807) is 18.2 Å². The molecule has 0 aliphatic rings. The minimum absolute atomic E-state index is 0.0836. The van der Waals surface area contributed by atoms with Gasteiger partial charge < -0.3 is 9.47 Å². The van der Waals surface area contributed by atoms with Crippen molar-refractivity contribution in [2.75, 3.05) is 12.5 Å². The summed E-state index contributed by atoms with van der Waals surface area (Å²) in [6.45, 7) is 0. The van der Waals surface area contributed by atoms with Gasteiger partial charge in [0, 0.05) is 17.7 Å². The monoisotopic (exact) mass is 426 g/mol. The number of aromatic nitrogens is 2. The highest BCUT2D eigenvalue weighted by Crippen LogP contribution is 2.37. The number of benzene rings is 2. The molecule has 0 fully saturated rings. The number of rotatable bonds is 8. The standard InChI is InChI=1S/C18H14N6O7/c1-30-13-4-2-3-5-14(13)31-18-15(24(28)29)16(19-10-20-18)21-22-17(25)11-6-8-12(9-7-11)23(26)27/h2-10H,1H3,(H,22,25)(H,19,20,21). The number of nitrogens with zero attached hydrogens (tertiary/aromatic N) is 4. The Morgan fingerprint density at radius 3 is 2.26 bits per heavy atom. The number of para-hydroxylation sites is 2. The Balaban J connectivity index is 1.81. The Bertz CT molecular complexity index is 1140. The van der Waals surface area contributed by atoms with Gasteiger partial charge in [0.2, 0.25) is 5.82 Å². The normalized spacial score (nSPS) is 10.1. The van der Waals surface area contributed by atoms with Gasteiger partial charge in [0.15, 0.2) is 11.5 Å². The molecule has 3 rings (SSSR count). The van der Waals surface area contributed by atoms with Gasteiger partial charge in [-0.3, -0.25) is 35.9 Å². The molecule has 1 aromatic heterocycles. The van der Waals surface area contributed by atoms with Crippen LogP contribution in [0.5, 0.6) is 17.4 Å². The summed E-state index contributed by atoms with van der Waals surface area (Å²) in [7, 11) is 1.41. The summed E-state index contributed by atoms with van der Waals surface area (Å²) < 4.78 is 10.7. The maximum atomic E-state index is 12.2. The maximum absolute atomic E-state index is 12.2. The Morgan fingerprint density at radius 1 is 0.968 bits per heavy atom. The van der Waals surface area contributed by atoms with Crippen molar-refractivity contribution in [3.05, 3.63) is 80.7 Å². The molecule has 0 saturated carbocycles. The fourth-order valence-corrected chi connectivity index (χ4v) is 2.42. The van der Waals surface area contributed by atoms with Crippen LogP contribution in [0.4, 0.5) is 17.2 Å². The number of nitro groups is 2. The highest BCUT2D eigenvalue weighted by atomic mass is 16.6. The Hall–Kier alpha value is -4.81. The summed E-state index contributed by atoms with van der Waals surface area (Å²) in [5.74, 6) is -0.893. The first-order chi connectivity index (χ1) is 14.9. The fraction of sp³-hybridized carbons (Fsp3) is 0.0556. The van der Waals surface area contributed by atoms with Crippen LogP contribution in [0.3, 0.4) is 0 Å². The van der Waals surface area contributed by atoms with Gasteiger partial charge in [0.1, 0.15) is 6.33 Å². The second kappa shape index (κ2) is 9.13. The van der Waals surface area contributed by atoms with Gasteiger partial charge in [-0.1, -0.05) is 12.1 Å². The first-order valence-corrected chi connectivity index (χ1v) is 8.51. The van der Waals surface area contributed by atoms with Crippen LogP contribution in [-0.2, 0) is 0 Å². The second-order valence-electron chi connectivity index (χ2n) is 5.77. The van der Waals surface area contributed by atoms with E-state index in [-0.39, 0.29) is 28.7 Å². The number of nitro benzene ring substituents is 1. The molecule has 0 saturated heterocycles. The molecule has 0 aliphatic heterocycles. The molecule has 0 bridgehead atoms. The second-order valence-corrected chi connectivity index (χ2v) is 5.77. The number of hydrogen-bond donors (Lipinski definition) is 2. The molecular formula is C18H14N6O7. The quantitative estimate of drug-likeness (QED) is 0.403. The van der Waals surface area contributed by atoms with Crippen molar-refractivity contribution in [2.24, 2.45) is 0 Å². The summed E-state index contributed by atoms with van der Waals surface area (Å²) in [6, 6.07) is 11.3. The first kappa shape index (κ1) is 20.9. The molecule has 0 spiro atoms. The van der Waals surface area contributed by atoms with E-state index in [1.807, 2.05) is 0 Å². The lowest BCUT2D eigenvalue weighted by Crippen LogP contribution is -2.30. The largest absolute Gasteiger partial charge is 0.493 e. The molecule has 0 atom stereocenters. The SMILES string of the molecule is COc1ccccc1Oc1ncnc(NNC(=O)c2ccc([N+](=O)[O-])cc2)c1[N+](=O)[O-]. The van der Waals surface area contributed by atoms with Gasteiger partial charge in [-0.25, -0.2) is 4.98 Å². The van der Waals surface area contributed by atoms with Crippen LogP contribution in [0.2, 0.25) is 0 Å². The van der Waals surface area contributed by atoms with E-state index >= 15 is 0 Å². The van der Waals surface area contributed by atoms with Crippen molar-refractivity contribution in [2.45, 2.75) is 0 Å². The Kier molecular flexibility index (Phi) is 6.16. The highest BCUT2D eigenvalue weighted by Gasteiger charge is 2.26. The average Bonchev–Trinajstić information content (AvgIpc) is 2.77. The lowest BCUT2D eigenvalue weighted by molar-refractivity contribution is -0.385. The zero-order valence-corrected chi connectivity index (χ0v) is 15.8. The molecule has 0 radical (unpaired) electrons. The number of hydrogen-bond acceptors (Lipinski definition) is 10. The van der Waals surface area contributed by atoms with Crippen molar-refractivity contribution in [3.63, 3.8) is 0 Å². The topological polar surface area (TPSA) is 172 Å². The van der Waals surface area contributed by atoms with Crippen LogP contribution in [0.25, 0.3) is 0 Å². The van der Waals surface area contributed by atoms with Crippen LogP contribution >= 0.6 is 0 Å². The van der Waals surface area contributed by atoms with Gasteiger partial charge in [-0.15, -0.1) is 0 Å². The number of carbonyl (C=O) groups excluding carboxylic acids is 1. The van der Waals surface area contributed by atoms with Crippen molar-refractivity contribution >= 4 is 23.1 Å². The van der Waals surface area contributed by atoms with Gasteiger partial charge in [0.05, 0.1) is 17.0 Å². The number of hydrazine groups is 1. The molecule has 13 nitrogen and oxygen atoms in total. The van der Waals surface area contributed by atoms with Crippen LogP contribution in [0, 0.1) is 20.2 Å². The van der Waals surface area contributed by atoms with E-state index in [9.17, 15) is 25.0 Å². The van der Waals surface area contributed by atoms with Gasteiger partial charge >= 0.3 is 11.6 Å². The Morgan fingerprint density at radius 2 is 1.65 bits per heavy atom. The number of amides is 1. The van der Waals surface area contributed by atoms with Crippen molar-refractivity contribution in [3.8, 4) is 17.4 Å². The predicted octanol–water partition coefficient (Wildman–Crippen LogP) is 2.85. The molecule has 2 aromatic carbocycles. The molecule has 31 heavy (non-hydrogen) atoms. The van der Waals surface area contributed by atoms with E-state index in [4.69, 9.17) is 9.47 Å². The molecule has 0 aliphatic carbocycles. The third kappa shape index (κ3) is 4.79. The molecular weight excluding hydrogens is 412 g/mol. The van der Waals surface area contributed by atoms with Crippen LogP contribution in [-0.4, -0.2) is 32.8 Å². The van der Waals surface area contributed by atoms with E-state index in [2.05, 4.69) is 20.8 Å². The minimum Gasteiger partial charge on any atom is -0.493 e. The first-order valence-electron chi connectivity index (χ1n) is 8.51. The van der Waals surface area contributed by atoms with Crippen molar-refractivity contribution in [1.29, 1.82) is 0 Å². The molecule has 1 amide bonds. The number of carbonyl (C=O) groups is 1. The number of anilines is 1. The minimum atomic E-state index is -0.773. The van der Waals surface area contributed by atoms with E-state index in [0.717, 1.165) is 18.5 Å². The average molecular weight is 426 g/mol. The molecule has 2 N–H and O–H groups in total. The zero-order valence-electron chi connectivity index (χ0n) is 15.8. The number of nitrogens with one attached hydrogen (secondary N) is 2. The molecule has 1 heterocycles. The zero-order chi connectivity index (χ0) is 22.4. The summed E-state index contributed by atoms with van der Waals surface area (Å²) in [6.07, 6.45) is 1.01. The fourth-order valence-electron chi connectivity index (χ4n) is 2.42. The van der Waals surface area contributed by atoms with Gasteiger partial charge in [-0.05, 0) is 24.3 Å². The molecule has 13 heteroatoms. The third-order valence-corrected chi connectivity index (χ3v) is 3.88. The van der Waals surface area contributed by atoms with Crippen molar-refractivity contribution in [1.82, 2.24) is 15.4 Å². The highest BCUT2D eigenvalue weighted by molar-refractivity contribution is 5.95. The summed E-state index contributed by atoms with van der Waals surface area (Å²) in [5, 5.41) is 22.3. The smallest absolute Gasteiger partial charge is 0.374 e. The van der Waals surface area contributed by atoms with Crippen molar-refractivity contribution < 1.29 is 24.1 Å².